The van der Waals surface area contributed by atoms with Crippen molar-refractivity contribution in [1.82, 2.24) is 5.32 Å². The van der Waals surface area contributed by atoms with Crippen LogP contribution < -0.4 is 5.32 Å². The number of hydrogen-bond donors (Lipinski definition) is 2. The molecule has 110 valence electrons. The van der Waals surface area contributed by atoms with E-state index in [1.807, 2.05) is 6.07 Å². The summed E-state index contributed by atoms with van der Waals surface area (Å²) >= 11 is 13.4. The Kier molecular flexibility index (Phi) is 5.61. The van der Waals surface area contributed by atoms with Crippen molar-refractivity contribution < 1.29 is 9.90 Å². The lowest BCUT2D eigenvalue weighted by Gasteiger charge is -2.12. The zero-order valence-electron chi connectivity index (χ0n) is 11.0. The quantitative estimate of drug-likeness (QED) is 0.806. The highest BCUT2D eigenvalue weighted by Crippen LogP contribution is 2.44. The second kappa shape index (κ2) is 7.03. The molecule has 0 bridgehead atoms. The topological polar surface area (TPSA) is 49.3 Å². The monoisotopic (exact) mass is 333 g/mol. The fourth-order valence-electron chi connectivity index (χ4n) is 1.80. The van der Waals surface area contributed by atoms with Gasteiger partial charge in [-0.3, -0.25) is 4.79 Å². The first kappa shape index (κ1) is 16.0. The van der Waals surface area contributed by atoms with Gasteiger partial charge in [0.2, 0.25) is 5.91 Å². The number of carbonyl (C=O) groups excluding carboxylic acids is 1. The van der Waals surface area contributed by atoms with Crippen molar-refractivity contribution in [2.75, 3.05) is 18.9 Å². The first-order valence-corrected chi connectivity index (χ1v) is 8.35. The van der Waals surface area contributed by atoms with E-state index in [1.165, 1.54) is 11.8 Å². The van der Waals surface area contributed by atoms with E-state index in [-0.39, 0.29) is 17.9 Å². The lowest BCUT2D eigenvalue weighted by Crippen LogP contribution is -2.33. The number of hydrogen-bond acceptors (Lipinski definition) is 3. The van der Waals surface area contributed by atoms with E-state index >= 15 is 0 Å². The van der Waals surface area contributed by atoms with Gasteiger partial charge >= 0.3 is 0 Å². The molecule has 0 aliphatic heterocycles. The van der Waals surface area contributed by atoms with Gasteiger partial charge in [-0.05, 0) is 30.5 Å². The third-order valence-electron chi connectivity index (χ3n) is 3.46. The van der Waals surface area contributed by atoms with Gasteiger partial charge in [-0.2, -0.15) is 0 Å². The highest BCUT2D eigenvalue weighted by Gasteiger charge is 2.41. The molecule has 2 N–H and O–H groups in total. The van der Waals surface area contributed by atoms with Crippen LogP contribution in [0.15, 0.2) is 18.2 Å². The third kappa shape index (κ3) is 4.55. The molecule has 0 spiro atoms. The van der Waals surface area contributed by atoms with Crippen LogP contribution in [0.1, 0.15) is 18.4 Å². The number of rotatable bonds is 7. The van der Waals surface area contributed by atoms with Crippen LogP contribution in [0.2, 0.25) is 10.0 Å². The van der Waals surface area contributed by atoms with Crippen LogP contribution >= 0.6 is 35.0 Å². The third-order valence-corrected chi connectivity index (χ3v) is 5.03. The molecule has 1 amide bonds. The molecule has 1 aromatic carbocycles. The molecule has 0 atom stereocenters. The number of thioether (sulfide) groups is 1. The fourth-order valence-corrected chi connectivity index (χ4v) is 3.21. The maximum Gasteiger partial charge on any atom is 0.230 e. The van der Waals surface area contributed by atoms with Crippen molar-refractivity contribution in [2.45, 2.75) is 18.6 Å². The van der Waals surface area contributed by atoms with E-state index in [4.69, 9.17) is 28.3 Å². The molecule has 20 heavy (non-hydrogen) atoms. The van der Waals surface area contributed by atoms with E-state index in [1.54, 1.807) is 12.1 Å². The number of nitrogens with one attached hydrogen (secondary N) is 1. The average molecular weight is 334 g/mol. The molecule has 0 heterocycles. The van der Waals surface area contributed by atoms with Crippen molar-refractivity contribution >= 4 is 40.9 Å². The number of halogens is 2. The molecule has 1 saturated carbocycles. The number of carbonyl (C=O) groups is 1. The van der Waals surface area contributed by atoms with E-state index in [2.05, 4.69) is 5.32 Å². The van der Waals surface area contributed by atoms with Gasteiger partial charge in [-0.1, -0.05) is 29.3 Å². The van der Waals surface area contributed by atoms with Crippen LogP contribution in [-0.4, -0.2) is 29.9 Å². The summed E-state index contributed by atoms with van der Waals surface area (Å²) < 4.78 is 0. The van der Waals surface area contributed by atoms with Crippen LogP contribution in [0.25, 0.3) is 0 Å². The van der Waals surface area contributed by atoms with Gasteiger partial charge < -0.3 is 10.4 Å². The first-order valence-electron chi connectivity index (χ1n) is 6.44. The Morgan fingerprint density at radius 2 is 2.15 bits per heavy atom. The summed E-state index contributed by atoms with van der Waals surface area (Å²) in [6, 6.07) is 5.37. The van der Waals surface area contributed by atoms with Gasteiger partial charge in [0.25, 0.3) is 0 Å². The Hall–Kier alpha value is -0.420. The maximum atomic E-state index is 11.7. The molecule has 1 aliphatic rings. The van der Waals surface area contributed by atoms with Crippen LogP contribution in [0.5, 0.6) is 0 Å². The minimum absolute atomic E-state index is 0.000175. The Labute approximate surface area is 133 Å². The Morgan fingerprint density at radius 1 is 1.40 bits per heavy atom. The zero-order chi connectivity index (χ0) is 14.6. The summed E-state index contributed by atoms with van der Waals surface area (Å²) in [6.07, 6.45) is 1.99. The fraction of sp³-hybridized carbons (Fsp3) is 0.500. The Bertz CT molecular complexity index is 492. The normalized spacial score (nSPS) is 15.9. The van der Waals surface area contributed by atoms with Gasteiger partial charge in [0, 0.05) is 27.8 Å². The van der Waals surface area contributed by atoms with Gasteiger partial charge in [0.05, 0.1) is 12.4 Å². The lowest BCUT2D eigenvalue weighted by atomic mass is 10.1. The standard InChI is InChI=1S/C14H17Cl2NO2S/c15-11-2-1-10(12(16)5-11)6-20-7-13(19)17-8-14(9-18)3-4-14/h1-2,5,18H,3-4,6-9H2,(H,17,19). The molecular formula is C14H17Cl2NO2S. The van der Waals surface area contributed by atoms with Gasteiger partial charge in [-0.25, -0.2) is 0 Å². The number of aliphatic hydroxyl groups is 1. The predicted molar refractivity (Wildman–Crippen MR) is 84.4 cm³/mol. The van der Waals surface area contributed by atoms with E-state index in [9.17, 15) is 4.79 Å². The van der Waals surface area contributed by atoms with Crippen LogP contribution in [-0.2, 0) is 10.5 Å². The molecule has 1 aromatic rings. The molecule has 0 unspecified atom stereocenters. The van der Waals surface area contributed by atoms with Crippen LogP contribution in [0.4, 0.5) is 0 Å². The van der Waals surface area contributed by atoms with Crippen molar-refractivity contribution in [1.29, 1.82) is 0 Å². The highest BCUT2D eigenvalue weighted by atomic mass is 35.5. The second-order valence-corrected chi connectivity index (χ2v) is 6.99. The lowest BCUT2D eigenvalue weighted by molar-refractivity contribution is -0.118. The van der Waals surface area contributed by atoms with Crippen molar-refractivity contribution in [3.8, 4) is 0 Å². The number of benzene rings is 1. The second-order valence-electron chi connectivity index (χ2n) is 5.16. The summed E-state index contributed by atoms with van der Waals surface area (Å²) in [5, 5.41) is 13.3. The molecule has 0 aromatic heterocycles. The summed E-state index contributed by atoms with van der Waals surface area (Å²) in [5.41, 5.74) is 0.933. The number of amides is 1. The number of aliphatic hydroxyl groups excluding tert-OH is 1. The summed E-state index contributed by atoms with van der Waals surface area (Å²) in [5.74, 6) is 1.06. The molecule has 1 aliphatic carbocycles. The molecule has 6 heteroatoms. The average Bonchev–Trinajstić information content (AvgIpc) is 3.20. The molecule has 0 radical (unpaired) electrons. The van der Waals surface area contributed by atoms with Gasteiger partial charge in [-0.15, -0.1) is 11.8 Å². The zero-order valence-corrected chi connectivity index (χ0v) is 13.3. The van der Waals surface area contributed by atoms with E-state index in [0.29, 0.717) is 28.1 Å². The largest absolute Gasteiger partial charge is 0.396 e. The molecule has 3 nitrogen and oxygen atoms in total. The van der Waals surface area contributed by atoms with Crippen LogP contribution in [0.3, 0.4) is 0 Å². The Balaban J connectivity index is 1.68. The summed E-state index contributed by atoms with van der Waals surface area (Å²) in [4.78, 5) is 11.7. The Morgan fingerprint density at radius 3 is 2.75 bits per heavy atom. The molecule has 0 saturated heterocycles. The van der Waals surface area contributed by atoms with Crippen molar-refractivity contribution in [3.63, 3.8) is 0 Å². The van der Waals surface area contributed by atoms with E-state index < -0.39 is 0 Å². The first-order chi connectivity index (χ1) is 9.54. The highest BCUT2D eigenvalue weighted by molar-refractivity contribution is 7.99. The van der Waals surface area contributed by atoms with Gasteiger partial charge in [0.15, 0.2) is 0 Å². The van der Waals surface area contributed by atoms with E-state index in [0.717, 1.165) is 18.4 Å². The van der Waals surface area contributed by atoms with Gasteiger partial charge in [0.1, 0.15) is 0 Å². The molecule has 1 fully saturated rings. The summed E-state index contributed by atoms with van der Waals surface area (Å²) in [7, 11) is 0. The molecular weight excluding hydrogens is 317 g/mol. The summed E-state index contributed by atoms with van der Waals surface area (Å²) in [6.45, 7) is 0.728. The van der Waals surface area contributed by atoms with Crippen molar-refractivity contribution in [2.24, 2.45) is 5.41 Å². The van der Waals surface area contributed by atoms with Crippen LogP contribution in [0, 0.1) is 5.41 Å². The minimum Gasteiger partial charge on any atom is -0.396 e. The smallest absolute Gasteiger partial charge is 0.230 e. The predicted octanol–water partition coefficient (Wildman–Crippen LogP) is 3.12. The minimum atomic E-state index is -0.0419. The molecule has 2 rings (SSSR count). The van der Waals surface area contributed by atoms with Crippen molar-refractivity contribution in [3.05, 3.63) is 33.8 Å². The maximum absolute atomic E-state index is 11.7. The SMILES string of the molecule is O=C(CSCc1ccc(Cl)cc1Cl)NCC1(CO)CC1.